The Morgan fingerprint density at radius 2 is 2.36 bits per heavy atom. The SMILES string of the molecule is C=CC(=O)N1CCN(I)CC1CCO. The lowest BCUT2D eigenvalue weighted by Crippen LogP contribution is -2.52. The fraction of sp³-hybridized carbons (Fsp3) is 0.667. The average molecular weight is 310 g/mol. The highest BCUT2D eigenvalue weighted by Gasteiger charge is 2.27. The molecule has 1 saturated heterocycles. The molecule has 1 fully saturated rings. The third-order valence-electron chi connectivity index (χ3n) is 2.35. The third-order valence-corrected chi connectivity index (χ3v) is 3.23. The van der Waals surface area contributed by atoms with Crippen LogP contribution in [0.15, 0.2) is 12.7 Å². The number of rotatable bonds is 3. The Morgan fingerprint density at radius 3 is 2.93 bits per heavy atom. The first-order valence-electron chi connectivity index (χ1n) is 4.63. The molecule has 0 bridgehead atoms. The fourth-order valence-electron chi connectivity index (χ4n) is 1.62. The molecule has 0 aromatic rings. The Labute approximate surface area is 98.1 Å². The van der Waals surface area contributed by atoms with E-state index in [1.165, 1.54) is 6.08 Å². The molecule has 0 radical (unpaired) electrons. The number of hydrogen-bond acceptors (Lipinski definition) is 3. The maximum atomic E-state index is 11.5. The van der Waals surface area contributed by atoms with Gasteiger partial charge in [-0.2, -0.15) is 0 Å². The Bertz CT molecular complexity index is 223. The van der Waals surface area contributed by atoms with Gasteiger partial charge in [-0.15, -0.1) is 0 Å². The van der Waals surface area contributed by atoms with E-state index in [2.05, 4.69) is 32.6 Å². The number of halogens is 1. The third kappa shape index (κ3) is 2.93. The second-order valence-electron chi connectivity index (χ2n) is 3.27. The summed E-state index contributed by atoms with van der Waals surface area (Å²) in [6, 6.07) is 0.121. The predicted molar refractivity (Wildman–Crippen MR) is 63.0 cm³/mol. The van der Waals surface area contributed by atoms with Gasteiger partial charge in [0.05, 0.1) is 0 Å². The number of carbonyl (C=O) groups excluding carboxylic acids is 1. The molecule has 1 atom stereocenters. The van der Waals surface area contributed by atoms with Crippen LogP contribution < -0.4 is 0 Å². The van der Waals surface area contributed by atoms with Crippen molar-refractivity contribution >= 4 is 28.8 Å². The molecule has 0 saturated carbocycles. The zero-order valence-electron chi connectivity index (χ0n) is 8.03. The highest BCUT2D eigenvalue weighted by atomic mass is 127. The Morgan fingerprint density at radius 1 is 1.64 bits per heavy atom. The molecule has 0 aliphatic carbocycles. The molecular weight excluding hydrogens is 295 g/mol. The maximum absolute atomic E-state index is 11.5. The number of amides is 1. The van der Waals surface area contributed by atoms with Crippen molar-refractivity contribution in [1.29, 1.82) is 0 Å². The predicted octanol–water partition coefficient (Wildman–Crippen LogP) is 0.418. The van der Waals surface area contributed by atoms with Crippen LogP contribution in [0.25, 0.3) is 0 Å². The molecule has 1 amide bonds. The van der Waals surface area contributed by atoms with Crippen molar-refractivity contribution in [2.75, 3.05) is 26.2 Å². The van der Waals surface area contributed by atoms with Gasteiger partial charge in [0, 0.05) is 55.1 Å². The number of piperazine rings is 1. The molecule has 1 heterocycles. The smallest absolute Gasteiger partial charge is 0.246 e. The van der Waals surface area contributed by atoms with Crippen molar-refractivity contribution in [3.05, 3.63) is 12.7 Å². The van der Waals surface area contributed by atoms with Crippen molar-refractivity contribution in [2.45, 2.75) is 12.5 Å². The minimum atomic E-state index is -0.0343. The van der Waals surface area contributed by atoms with Crippen molar-refractivity contribution in [2.24, 2.45) is 0 Å². The fourth-order valence-corrected chi connectivity index (χ4v) is 2.29. The van der Waals surface area contributed by atoms with Crippen LogP contribution in [0.1, 0.15) is 6.42 Å². The van der Waals surface area contributed by atoms with E-state index in [-0.39, 0.29) is 18.6 Å². The van der Waals surface area contributed by atoms with Gasteiger partial charge in [-0.05, 0) is 12.5 Å². The summed E-state index contributed by atoms with van der Waals surface area (Å²) < 4.78 is 2.14. The zero-order chi connectivity index (χ0) is 10.6. The van der Waals surface area contributed by atoms with E-state index in [0.29, 0.717) is 6.42 Å². The van der Waals surface area contributed by atoms with E-state index in [0.717, 1.165) is 19.6 Å². The first-order valence-corrected chi connectivity index (χ1v) is 5.60. The van der Waals surface area contributed by atoms with Crippen LogP contribution in [0.3, 0.4) is 0 Å². The Balaban J connectivity index is 2.61. The van der Waals surface area contributed by atoms with E-state index in [1.807, 2.05) is 0 Å². The monoisotopic (exact) mass is 310 g/mol. The van der Waals surface area contributed by atoms with Gasteiger partial charge in [0.2, 0.25) is 5.91 Å². The van der Waals surface area contributed by atoms with Crippen LogP contribution >= 0.6 is 22.9 Å². The molecule has 0 spiro atoms. The summed E-state index contributed by atoms with van der Waals surface area (Å²) in [5.41, 5.74) is 0. The van der Waals surface area contributed by atoms with Gasteiger partial charge in [-0.1, -0.05) is 6.58 Å². The molecule has 1 N–H and O–H groups in total. The number of aliphatic hydroxyl groups excluding tert-OH is 1. The van der Waals surface area contributed by atoms with Gasteiger partial charge >= 0.3 is 0 Å². The van der Waals surface area contributed by atoms with E-state index in [9.17, 15) is 4.79 Å². The summed E-state index contributed by atoms with van der Waals surface area (Å²) in [7, 11) is 0. The summed E-state index contributed by atoms with van der Waals surface area (Å²) >= 11 is 2.25. The standard InChI is InChI=1S/C9H15IN2O2/c1-2-9(14)12-5-4-11(10)7-8(12)3-6-13/h2,8,13H,1,3-7H2. The second-order valence-corrected chi connectivity index (χ2v) is 4.64. The highest BCUT2D eigenvalue weighted by Crippen LogP contribution is 2.16. The summed E-state index contributed by atoms with van der Waals surface area (Å²) in [5, 5.41) is 8.89. The molecule has 4 nitrogen and oxygen atoms in total. The highest BCUT2D eigenvalue weighted by molar-refractivity contribution is 14.1. The van der Waals surface area contributed by atoms with Gasteiger partial charge in [-0.3, -0.25) is 4.79 Å². The van der Waals surface area contributed by atoms with Crippen molar-refractivity contribution in [1.82, 2.24) is 8.01 Å². The van der Waals surface area contributed by atoms with Crippen LogP contribution in [-0.4, -0.2) is 51.3 Å². The largest absolute Gasteiger partial charge is 0.396 e. The normalized spacial score (nSPS) is 23.6. The summed E-state index contributed by atoms with van der Waals surface area (Å²) in [5.74, 6) is -0.0343. The van der Waals surface area contributed by atoms with Gasteiger partial charge in [0.15, 0.2) is 0 Å². The summed E-state index contributed by atoms with van der Waals surface area (Å²) in [6.07, 6.45) is 1.98. The lowest BCUT2D eigenvalue weighted by molar-refractivity contribution is -0.130. The maximum Gasteiger partial charge on any atom is 0.246 e. The van der Waals surface area contributed by atoms with E-state index in [1.54, 1.807) is 4.90 Å². The van der Waals surface area contributed by atoms with Crippen molar-refractivity contribution < 1.29 is 9.90 Å². The molecule has 80 valence electrons. The van der Waals surface area contributed by atoms with Crippen LogP contribution in [0.4, 0.5) is 0 Å². The molecule has 1 aliphatic heterocycles. The Hall–Kier alpha value is -0.140. The number of aliphatic hydroxyl groups is 1. The lowest BCUT2D eigenvalue weighted by atomic mass is 10.1. The van der Waals surface area contributed by atoms with E-state index < -0.39 is 0 Å². The van der Waals surface area contributed by atoms with Gasteiger partial charge in [0.25, 0.3) is 0 Å². The minimum Gasteiger partial charge on any atom is -0.396 e. The Kier molecular flexibility index (Phi) is 4.83. The van der Waals surface area contributed by atoms with Gasteiger partial charge < -0.3 is 10.0 Å². The van der Waals surface area contributed by atoms with Crippen LogP contribution in [-0.2, 0) is 4.79 Å². The molecular formula is C9H15IN2O2. The zero-order valence-corrected chi connectivity index (χ0v) is 10.2. The molecule has 5 heteroatoms. The molecule has 14 heavy (non-hydrogen) atoms. The average Bonchev–Trinajstić information content (AvgIpc) is 2.17. The van der Waals surface area contributed by atoms with Gasteiger partial charge in [0.1, 0.15) is 0 Å². The van der Waals surface area contributed by atoms with Gasteiger partial charge in [-0.25, -0.2) is 3.11 Å². The summed E-state index contributed by atoms with van der Waals surface area (Å²) in [4.78, 5) is 13.3. The molecule has 1 unspecified atom stereocenters. The van der Waals surface area contributed by atoms with Crippen molar-refractivity contribution in [3.8, 4) is 0 Å². The molecule has 1 aliphatic rings. The second kappa shape index (κ2) is 5.67. The molecule has 1 rings (SSSR count). The van der Waals surface area contributed by atoms with Crippen molar-refractivity contribution in [3.63, 3.8) is 0 Å². The quantitative estimate of drug-likeness (QED) is 0.467. The topological polar surface area (TPSA) is 43.8 Å². The molecule has 0 aromatic carbocycles. The summed E-state index contributed by atoms with van der Waals surface area (Å²) in [6.45, 7) is 6.02. The first-order chi connectivity index (χ1) is 6.69. The number of hydrogen-bond donors (Lipinski definition) is 1. The van der Waals surface area contributed by atoms with Crippen LogP contribution in [0.5, 0.6) is 0 Å². The van der Waals surface area contributed by atoms with E-state index >= 15 is 0 Å². The first kappa shape index (κ1) is 11.9. The van der Waals surface area contributed by atoms with Crippen LogP contribution in [0, 0.1) is 0 Å². The van der Waals surface area contributed by atoms with E-state index in [4.69, 9.17) is 5.11 Å². The number of carbonyl (C=O) groups is 1. The number of nitrogens with zero attached hydrogens (tertiary/aromatic N) is 2. The lowest BCUT2D eigenvalue weighted by Gasteiger charge is -2.38. The molecule has 0 aromatic heterocycles. The van der Waals surface area contributed by atoms with Crippen LogP contribution in [0.2, 0.25) is 0 Å². The minimum absolute atomic E-state index is 0.0343.